The highest BCUT2D eigenvalue weighted by Gasteiger charge is 1.99. The van der Waals surface area contributed by atoms with Crippen molar-refractivity contribution in [2.45, 2.75) is 37.6 Å². The molecular formula is C13H20BrNS. The average molecular weight is 302 g/mol. The Balaban J connectivity index is 2.13. The number of hydrogen-bond acceptors (Lipinski definition) is 2. The van der Waals surface area contributed by atoms with E-state index in [4.69, 9.17) is 0 Å². The summed E-state index contributed by atoms with van der Waals surface area (Å²) in [6.45, 7) is 5.49. The van der Waals surface area contributed by atoms with Crippen LogP contribution in [-0.4, -0.2) is 18.3 Å². The molecule has 1 atom stereocenters. The first kappa shape index (κ1) is 14.1. The lowest BCUT2D eigenvalue weighted by Crippen LogP contribution is -2.25. The fraction of sp³-hybridized carbons (Fsp3) is 0.538. The number of benzene rings is 1. The Labute approximate surface area is 112 Å². The molecule has 0 saturated heterocycles. The maximum absolute atomic E-state index is 3.45. The molecule has 16 heavy (non-hydrogen) atoms. The summed E-state index contributed by atoms with van der Waals surface area (Å²) in [5.41, 5.74) is 0. The molecule has 1 unspecified atom stereocenters. The topological polar surface area (TPSA) is 12.0 Å². The van der Waals surface area contributed by atoms with E-state index in [0.29, 0.717) is 6.04 Å². The molecule has 1 rings (SSSR count). The highest BCUT2D eigenvalue weighted by Crippen LogP contribution is 2.21. The summed E-state index contributed by atoms with van der Waals surface area (Å²) in [6.07, 6.45) is 2.53. The molecule has 90 valence electrons. The van der Waals surface area contributed by atoms with Gasteiger partial charge < -0.3 is 5.32 Å². The first-order valence-electron chi connectivity index (χ1n) is 5.84. The van der Waals surface area contributed by atoms with E-state index in [-0.39, 0.29) is 0 Å². The molecule has 0 aliphatic rings. The van der Waals surface area contributed by atoms with Crippen LogP contribution in [0.25, 0.3) is 0 Å². The highest BCUT2D eigenvalue weighted by molar-refractivity contribution is 9.10. The van der Waals surface area contributed by atoms with Crippen LogP contribution in [0.3, 0.4) is 0 Å². The van der Waals surface area contributed by atoms with Gasteiger partial charge in [0.15, 0.2) is 0 Å². The zero-order chi connectivity index (χ0) is 11.8. The van der Waals surface area contributed by atoms with E-state index >= 15 is 0 Å². The lowest BCUT2D eigenvalue weighted by atomic mass is 10.2. The van der Waals surface area contributed by atoms with Gasteiger partial charge in [-0.1, -0.05) is 22.9 Å². The molecule has 1 aromatic rings. The smallest absolute Gasteiger partial charge is 0.0176 e. The molecule has 0 aromatic heterocycles. The first-order chi connectivity index (χ1) is 7.72. The molecule has 1 aromatic carbocycles. The molecule has 0 aliphatic carbocycles. The van der Waals surface area contributed by atoms with Gasteiger partial charge >= 0.3 is 0 Å². The Morgan fingerprint density at radius 1 is 1.31 bits per heavy atom. The maximum atomic E-state index is 3.45. The minimum Gasteiger partial charge on any atom is -0.315 e. The van der Waals surface area contributed by atoms with Crippen LogP contribution in [0.4, 0.5) is 0 Å². The largest absolute Gasteiger partial charge is 0.315 e. The van der Waals surface area contributed by atoms with E-state index in [1.54, 1.807) is 0 Å². The van der Waals surface area contributed by atoms with Crippen LogP contribution in [0.5, 0.6) is 0 Å². The van der Waals surface area contributed by atoms with Crippen molar-refractivity contribution in [2.24, 2.45) is 0 Å². The molecule has 3 heteroatoms. The van der Waals surface area contributed by atoms with Crippen LogP contribution in [0.1, 0.15) is 26.7 Å². The maximum Gasteiger partial charge on any atom is 0.0176 e. The van der Waals surface area contributed by atoms with E-state index in [0.717, 1.165) is 11.0 Å². The van der Waals surface area contributed by atoms with Crippen molar-refractivity contribution in [3.63, 3.8) is 0 Å². The first-order valence-corrected chi connectivity index (χ1v) is 7.62. The molecule has 0 bridgehead atoms. The van der Waals surface area contributed by atoms with Gasteiger partial charge in [0.1, 0.15) is 0 Å². The third kappa shape index (κ3) is 5.92. The summed E-state index contributed by atoms with van der Waals surface area (Å²) in [7, 11) is 0. The Morgan fingerprint density at radius 3 is 2.62 bits per heavy atom. The van der Waals surface area contributed by atoms with Crippen LogP contribution in [0.15, 0.2) is 33.6 Å². The van der Waals surface area contributed by atoms with Gasteiger partial charge in [0.2, 0.25) is 0 Å². The number of rotatable bonds is 7. The minimum absolute atomic E-state index is 0.649. The molecule has 0 saturated carbocycles. The SMILES string of the molecule is CCNC(C)CCCSc1ccc(Br)cc1. The minimum atomic E-state index is 0.649. The fourth-order valence-corrected chi connectivity index (χ4v) is 2.70. The van der Waals surface area contributed by atoms with Gasteiger partial charge in [-0.05, 0) is 56.3 Å². The summed E-state index contributed by atoms with van der Waals surface area (Å²) in [5, 5.41) is 3.44. The number of nitrogens with one attached hydrogen (secondary N) is 1. The summed E-state index contributed by atoms with van der Waals surface area (Å²) < 4.78 is 1.15. The normalized spacial score (nSPS) is 12.7. The lowest BCUT2D eigenvalue weighted by molar-refractivity contribution is 0.526. The van der Waals surface area contributed by atoms with Gasteiger partial charge in [-0.3, -0.25) is 0 Å². The average Bonchev–Trinajstić information content (AvgIpc) is 2.27. The van der Waals surface area contributed by atoms with Crippen molar-refractivity contribution in [3.8, 4) is 0 Å². The second kappa shape index (κ2) is 8.15. The standard InChI is InChI=1S/C13H20BrNS/c1-3-15-11(2)5-4-10-16-13-8-6-12(14)7-9-13/h6-9,11,15H,3-5,10H2,1-2H3. The molecule has 0 fully saturated rings. The number of halogens is 1. The molecule has 0 radical (unpaired) electrons. The second-order valence-corrected chi connectivity index (χ2v) is 5.99. The molecule has 0 amide bonds. The zero-order valence-corrected chi connectivity index (χ0v) is 12.4. The third-order valence-corrected chi connectivity index (χ3v) is 4.04. The van der Waals surface area contributed by atoms with Crippen molar-refractivity contribution in [2.75, 3.05) is 12.3 Å². The predicted octanol–water partition coefficient (Wildman–Crippen LogP) is 4.32. The predicted molar refractivity (Wildman–Crippen MR) is 77.2 cm³/mol. The van der Waals surface area contributed by atoms with Crippen LogP contribution in [-0.2, 0) is 0 Å². The number of hydrogen-bond donors (Lipinski definition) is 1. The highest BCUT2D eigenvalue weighted by atomic mass is 79.9. The monoisotopic (exact) mass is 301 g/mol. The van der Waals surface area contributed by atoms with E-state index in [1.165, 1.54) is 23.5 Å². The fourth-order valence-electron chi connectivity index (χ4n) is 1.56. The summed E-state index contributed by atoms with van der Waals surface area (Å²) >= 11 is 5.39. The van der Waals surface area contributed by atoms with Crippen molar-refractivity contribution in [1.82, 2.24) is 5.32 Å². The van der Waals surface area contributed by atoms with Gasteiger partial charge in [0.25, 0.3) is 0 Å². The Bertz CT molecular complexity index is 286. The third-order valence-electron chi connectivity index (χ3n) is 2.42. The van der Waals surface area contributed by atoms with E-state index in [2.05, 4.69) is 59.4 Å². The van der Waals surface area contributed by atoms with Crippen LogP contribution in [0, 0.1) is 0 Å². The van der Waals surface area contributed by atoms with Crippen LogP contribution >= 0.6 is 27.7 Å². The Morgan fingerprint density at radius 2 is 2.00 bits per heavy atom. The van der Waals surface area contributed by atoms with Gasteiger partial charge in [0, 0.05) is 15.4 Å². The van der Waals surface area contributed by atoms with Gasteiger partial charge in [0.05, 0.1) is 0 Å². The van der Waals surface area contributed by atoms with Crippen molar-refractivity contribution in [3.05, 3.63) is 28.7 Å². The van der Waals surface area contributed by atoms with Crippen molar-refractivity contribution < 1.29 is 0 Å². The van der Waals surface area contributed by atoms with E-state index < -0.39 is 0 Å². The molecular weight excluding hydrogens is 282 g/mol. The van der Waals surface area contributed by atoms with Gasteiger partial charge in [-0.25, -0.2) is 0 Å². The quantitative estimate of drug-likeness (QED) is 0.594. The van der Waals surface area contributed by atoms with Gasteiger partial charge in [-0.2, -0.15) is 0 Å². The molecule has 0 spiro atoms. The molecule has 1 nitrogen and oxygen atoms in total. The second-order valence-electron chi connectivity index (χ2n) is 3.90. The van der Waals surface area contributed by atoms with Crippen LogP contribution in [0.2, 0.25) is 0 Å². The van der Waals surface area contributed by atoms with Gasteiger partial charge in [-0.15, -0.1) is 11.8 Å². The summed E-state index contributed by atoms with van der Waals surface area (Å²) in [6, 6.07) is 9.19. The van der Waals surface area contributed by atoms with Crippen LogP contribution < -0.4 is 5.32 Å². The lowest BCUT2D eigenvalue weighted by Gasteiger charge is -2.11. The summed E-state index contributed by atoms with van der Waals surface area (Å²) in [5.74, 6) is 1.21. The molecule has 0 heterocycles. The van der Waals surface area contributed by atoms with Crippen molar-refractivity contribution >= 4 is 27.7 Å². The Hall–Kier alpha value is 0.01000. The molecule has 1 N–H and O–H groups in total. The zero-order valence-electron chi connectivity index (χ0n) is 10.0. The molecule has 0 aliphatic heterocycles. The van der Waals surface area contributed by atoms with E-state index in [9.17, 15) is 0 Å². The Kier molecular flexibility index (Phi) is 7.17. The van der Waals surface area contributed by atoms with E-state index in [1.807, 2.05) is 11.8 Å². The number of thioether (sulfide) groups is 1. The summed E-state index contributed by atoms with van der Waals surface area (Å²) in [4.78, 5) is 1.36. The van der Waals surface area contributed by atoms with Crippen molar-refractivity contribution in [1.29, 1.82) is 0 Å².